The van der Waals surface area contributed by atoms with Crippen LogP contribution in [0.25, 0.3) is 22.9 Å². The zero-order valence-corrected chi connectivity index (χ0v) is 12.8. The van der Waals surface area contributed by atoms with Crippen molar-refractivity contribution in [2.24, 2.45) is 0 Å². The number of nitrogens with one attached hydrogen (secondary N) is 1. The first-order valence-electron chi connectivity index (χ1n) is 7.17. The highest BCUT2D eigenvalue weighted by atomic mass is 35.5. The van der Waals surface area contributed by atoms with Gasteiger partial charge in [0.25, 0.3) is 5.89 Å². The maximum absolute atomic E-state index is 5.99. The third kappa shape index (κ3) is 2.98. The lowest BCUT2D eigenvalue weighted by Gasteiger charge is -2.20. The predicted molar refractivity (Wildman–Crippen MR) is 81.8 cm³/mol. The predicted octanol–water partition coefficient (Wildman–Crippen LogP) is 2.71. The van der Waals surface area contributed by atoms with E-state index in [-0.39, 0.29) is 6.04 Å². The van der Waals surface area contributed by atoms with Crippen molar-refractivity contribution in [3.63, 3.8) is 0 Å². The Kier molecular flexibility index (Phi) is 3.82. The molecule has 23 heavy (non-hydrogen) atoms. The number of aromatic nitrogens is 3. The lowest BCUT2D eigenvalue weighted by Crippen LogP contribution is -2.35. The normalized spacial score (nSPS) is 18.2. The Morgan fingerprint density at radius 2 is 2.13 bits per heavy atom. The van der Waals surface area contributed by atoms with E-state index in [1.54, 1.807) is 18.2 Å². The molecular weight excluding hydrogens is 320 g/mol. The molecule has 1 N–H and O–H groups in total. The molecule has 118 valence electrons. The lowest BCUT2D eigenvalue weighted by atomic mass is 10.1. The third-order valence-electron chi connectivity index (χ3n) is 3.51. The van der Waals surface area contributed by atoms with Crippen molar-refractivity contribution < 1.29 is 13.8 Å². The summed E-state index contributed by atoms with van der Waals surface area (Å²) in [7, 11) is 0. The van der Waals surface area contributed by atoms with E-state index in [1.165, 1.54) is 0 Å². The molecule has 1 fully saturated rings. The molecule has 1 atom stereocenters. The summed E-state index contributed by atoms with van der Waals surface area (Å²) in [6.07, 6.45) is 0. The number of morpholine rings is 1. The summed E-state index contributed by atoms with van der Waals surface area (Å²) in [5.41, 5.74) is 1.31. The van der Waals surface area contributed by atoms with Gasteiger partial charge in [-0.25, -0.2) is 0 Å². The number of benzene rings is 1. The number of halogens is 1. The Balaban J connectivity index is 1.58. The number of nitrogens with zero attached hydrogens (tertiary/aromatic N) is 3. The van der Waals surface area contributed by atoms with E-state index in [0.29, 0.717) is 41.4 Å². The smallest absolute Gasteiger partial charge is 0.280 e. The van der Waals surface area contributed by atoms with Crippen molar-refractivity contribution >= 4 is 11.6 Å². The Morgan fingerprint density at radius 3 is 2.96 bits per heavy atom. The minimum atomic E-state index is -0.0689. The second kappa shape index (κ2) is 6.11. The zero-order valence-electron chi connectivity index (χ0n) is 12.0. The maximum atomic E-state index is 5.99. The standard InChI is InChI=1S/C15H13ClN4O3/c16-10-3-1-2-9(6-10)13-7-11(19-22-13)15-18-14(20-23-15)12-8-21-5-4-17-12/h1-3,6-7,12,17H,4-5,8H2/t12-/m1/s1. The Hall–Kier alpha value is -2.22. The molecule has 1 aliphatic heterocycles. The zero-order chi connectivity index (χ0) is 15.6. The Morgan fingerprint density at radius 1 is 1.17 bits per heavy atom. The van der Waals surface area contributed by atoms with Gasteiger partial charge < -0.3 is 19.1 Å². The summed E-state index contributed by atoms with van der Waals surface area (Å²) < 4.78 is 16.0. The van der Waals surface area contributed by atoms with E-state index in [4.69, 9.17) is 25.4 Å². The van der Waals surface area contributed by atoms with Crippen LogP contribution < -0.4 is 5.32 Å². The molecule has 3 heterocycles. The molecule has 0 radical (unpaired) electrons. The van der Waals surface area contributed by atoms with Gasteiger partial charge in [0.15, 0.2) is 17.3 Å². The fourth-order valence-electron chi connectivity index (χ4n) is 2.37. The summed E-state index contributed by atoms with van der Waals surface area (Å²) in [6, 6.07) is 9.01. The van der Waals surface area contributed by atoms with E-state index in [0.717, 1.165) is 12.1 Å². The summed E-state index contributed by atoms with van der Waals surface area (Å²) in [6.45, 7) is 1.97. The number of ether oxygens (including phenoxy) is 1. The molecule has 1 aliphatic rings. The third-order valence-corrected chi connectivity index (χ3v) is 3.75. The fraction of sp³-hybridized carbons (Fsp3) is 0.267. The monoisotopic (exact) mass is 332 g/mol. The molecule has 4 rings (SSSR count). The van der Waals surface area contributed by atoms with Gasteiger partial charge >= 0.3 is 0 Å². The van der Waals surface area contributed by atoms with Gasteiger partial charge in [0.1, 0.15) is 0 Å². The Labute approximate surface area is 136 Å². The summed E-state index contributed by atoms with van der Waals surface area (Å²) >= 11 is 5.99. The first-order valence-corrected chi connectivity index (χ1v) is 7.55. The van der Waals surface area contributed by atoms with Crippen LogP contribution in [-0.4, -0.2) is 35.1 Å². The summed E-state index contributed by atoms with van der Waals surface area (Å²) in [5.74, 6) is 1.44. The average molecular weight is 333 g/mol. The highest BCUT2D eigenvalue weighted by Crippen LogP contribution is 2.27. The van der Waals surface area contributed by atoms with Crippen LogP contribution in [-0.2, 0) is 4.74 Å². The molecule has 7 nitrogen and oxygen atoms in total. The van der Waals surface area contributed by atoms with Crippen LogP contribution in [0, 0.1) is 0 Å². The van der Waals surface area contributed by atoms with E-state index in [1.807, 2.05) is 12.1 Å². The van der Waals surface area contributed by atoms with Crippen molar-refractivity contribution in [2.45, 2.75) is 6.04 Å². The maximum Gasteiger partial charge on any atom is 0.280 e. The van der Waals surface area contributed by atoms with Gasteiger partial charge in [-0.3, -0.25) is 0 Å². The number of hydrogen-bond donors (Lipinski definition) is 1. The molecule has 2 aromatic heterocycles. The molecule has 0 unspecified atom stereocenters. The molecule has 0 amide bonds. The second-order valence-electron chi connectivity index (χ2n) is 5.13. The van der Waals surface area contributed by atoms with Crippen molar-refractivity contribution in [1.82, 2.24) is 20.6 Å². The van der Waals surface area contributed by atoms with E-state index in [9.17, 15) is 0 Å². The highest BCUT2D eigenvalue weighted by Gasteiger charge is 2.22. The largest absolute Gasteiger partial charge is 0.378 e. The van der Waals surface area contributed by atoms with Gasteiger partial charge in [0, 0.05) is 23.2 Å². The van der Waals surface area contributed by atoms with Crippen LogP contribution in [0.5, 0.6) is 0 Å². The summed E-state index contributed by atoms with van der Waals surface area (Å²) in [4.78, 5) is 4.36. The quantitative estimate of drug-likeness (QED) is 0.789. The van der Waals surface area contributed by atoms with Crippen LogP contribution in [0.1, 0.15) is 11.9 Å². The fourth-order valence-corrected chi connectivity index (χ4v) is 2.56. The van der Waals surface area contributed by atoms with Crippen molar-refractivity contribution in [1.29, 1.82) is 0 Å². The van der Waals surface area contributed by atoms with Crippen LogP contribution in [0.2, 0.25) is 5.02 Å². The van der Waals surface area contributed by atoms with E-state index < -0.39 is 0 Å². The molecule has 0 aliphatic carbocycles. The van der Waals surface area contributed by atoms with Crippen LogP contribution in [0.4, 0.5) is 0 Å². The lowest BCUT2D eigenvalue weighted by molar-refractivity contribution is 0.0734. The molecule has 1 saturated heterocycles. The minimum absolute atomic E-state index is 0.0689. The SMILES string of the molecule is Clc1cccc(-c2cc(-c3nc([C@H]4COCCN4)no3)no2)c1. The molecule has 0 saturated carbocycles. The topological polar surface area (TPSA) is 86.2 Å². The summed E-state index contributed by atoms with van der Waals surface area (Å²) in [5, 5.41) is 11.9. The van der Waals surface area contributed by atoms with Crippen LogP contribution in [0.15, 0.2) is 39.4 Å². The van der Waals surface area contributed by atoms with E-state index >= 15 is 0 Å². The van der Waals surface area contributed by atoms with Gasteiger partial charge in [-0.1, -0.05) is 34.0 Å². The Bertz CT molecular complexity index is 810. The van der Waals surface area contributed by atoms with Gasteiger partial charge in [-0.2, -0.15) is 4.98 Å². The van der Waals surface area contributed by atoms with Gasteiger partial charge in [0.05, 0.1) is 19.3 Å². The van der Waals surface area contributed by atoms with Crippen molar-refractivity contribution in [3.05, 3.63) is 41.2 Å². The molecular formula is C15H13ClN4O3. The van der Waals surface area contributed by atoms with Crippen molar-refractivity contribution in [2.75, 3.05) is 19.8 Å². The average Bonchev–Trinajstić information content (AvgIpc) is 3.25. The first kappa shape index (κ1) is 14.4. The molecule has 0 bridgehead atoms. The van der Waals surface area contributed by atoms with Gasteiger partial charge in [-0.05, 0) is 12.1 Å². The van der Waals surface area contributed by atoms with Crippen LogP contribution >= 0.6 is 11.6 Å². The van der Waals surface area contributed by atoms with E-state index in [2.05, 4.69) is 20.6 Å². The molecule has 0 spiro atoms. The first-order chi connectivity index (χ1) is 11.3. The number of rotatable bonds is 3. The molecule has 1 aromatic carbocycles. The minimum Gasteiger partial charge on any atom is -0.378 e. The van der Waals surface area contributed by atoms with Crippen LogP contribution in [0.3, 0.4) is 0 Å². The number of hydrogen-bond acceptors (Lipinski definition) is 7. The van der Waals surface area contributed by atoms with Gasteiger partial charge in [0.2, 0.25) is 0 Å². The van der Waals surface area contributed by atoms with Gasteiger partial charge in [-0.15, -0.1) is 0 Å². The highest BCUT2D eigenvalue weighted by molar-refractivity contribution is 6.30. The molecule has 3 aromatic rings. The van der Waals surface area contributed by atoms with Crippen molar-refractivity contribution in [3.8, 4) is 22.9 Å². The molecule has 8 heteroatoms. The second-order valence-corrected chi connectivity index (χ2v) is 5.56.